The van der Waals surface area contributed by atoms with Crippen LogP contribution in [0.5, 0.6) is 17.2 Å². The summed E-state index contributed by atoms with van der Waals surface area (Å²) in [5, 5.41) is 22.7. The van der Waals surface area contributed by atoms with Crippen molar-refractivity contribution in [3.8, 4) is 34.3 Å². The van der Waals surface area contributed by atoms with Gasteiger partial charge in [0.15, 0.2) is 11.5 Å². The molecular weight excluding hydrogens is 502 g/mol. The number of amides is 1. The molecule has 0 aliphatic carbocycles. The van der Waals surface area contributed by atoms with Crippen LogP contribution in [0, 0.1) is 0 Å². The van der Waals surface area contributed by atoms with Crippen molar-refractivity contribution in [3.63, 3.8) is 0 Å². The highest BCUT2D eigenvalue weighted by Crippen LogP contribution is 2.28. The number of hydrazone groups is 1. The van der Waals surface area contributed by atoms with Gasteiger partial charge in [-0.3, -0.25) is 4.79 Å². The number of ether oxygens (including phenoxy) is 2. The van der Waals surface area contributed by atoms with E-state index in [1.807, 2.05) is 41.0 Å². The van der Waals surface area contributed by atoms with Gasteiger partial charge < -0.3 is 14.6 Å². The minimum Gasteiger partial charge on any atom is -0.504 e. The number of carbonyl (C=O) groups excluding carboxylic acids is 1. The molecule has 4 rings (SSSR count). The molecule has 0 unspecified atom stereocenters. The highest BCUT2D eigenvalue weighted by Gasteiger charge is 2.24. The zero-order valence-electron chi connectivity index (χ0n) is 19.4. The van der Waals surface area contributed by atoms with E-state index < -0.39 is 0 Å². The van der Waals surface area contributed by atoms with Crippen molar-refractivity contribution in [2.24, 2.45) is 5.10 Å². The van der Waals surface area contributed by atoms with E-state index in [0.29, 0.717) is 21.5 Å². The summed E-state index contributed by atoms with van der Waals surface area (Å²) >= 11 is 7.32. The summed E-state index contributed by atoms with van der Waals surface area (Å²) in [6.45, 7) is 0. The fourth-order valence-electron chi connectivity index (χ4n) is 3.31. The van der Waals surface area contributed by atoms with Gasteiger partial charge in [0.2, 0.25) is 0 Å². The molecule has 0 bridgehead atoms. The number of carbonyl (C=O) groups is 1. The SMILES string of the molecule is COc1ccc(-c2[nH]nc(SCC(=O)N/N=C/c3cccc(OC)c3O)[n+]2-c2ccc(Cl)cc2)cc1. The van der Waals surface area contributed by atoms with Crippen molar-refractivity contribution >= 4 is 35.5 Å². The lowest BCUT2D eigenvalue weighted by Gasteiger charge is -2.06. The number of H-pyrrole nitrogens is 1. The number of aromatic amines is 1. The topological polar surface area (TPSA) is 113 Å². The van der Waals surface area contributed by atoms with E-state index in [2.05, 4.69) is 20.7 Å². The molecule has 0 spiro atoms. The largest absolute Gasteiger partial charge is 0.504 e. The molecule has 9 nitrogen and oxygen atoms in total. The smallest absolute Gasteiger partial charge is 0.342 e. The van der Waals surface area contributed by atoms with Gasteiger partial charge in [-0.15, -0.1) is 5.10 Å². The van der Waals surface area contributed by atoms with Crippen molar-refractivity contribution < 1.29 is 23.9 Å². The third-order valence-electron chi connectivity index (χ3n) is 5.10. The molecule has 184 valence electrons. The van der Waals surface area contributed by atoms with Crippen LogP contribution in [0.25, 0.3) is 17.1 Å². The second-order valence-electron chi connectivity index (χ2n) is 7.38. The number of hydrogen-bond donors (Lipinski definition) is 3. The van der Waals surface area contributed by atoms with E-state index in [4.69, 9.17) is 21.1 Å². The predicted octanol–water partition coefficient (Wildman–Crippen LogP) is 3.97. The third-order valence-corrected chi connectivity index (χ3v) is 6.29. The van der Waals surface area contributed by atoms with Crippen LogP contribution in [0.3, 0.4) is 0 Å². The Morgan fingerprint density at radius 1 is 1.14 bits per heavy atom. The number of benzene rings is 3. The molecule has 0 atom stereocenters. The Morgan fingerprint density at radius 2 is 1.89 bits per heavy atom. The van der Waals surface area contributed by atoms with Crippen LogP contribution in [0.1, 0.15) is 5.56 Å². The van der Waals surface area contributed by atoms with Gasteiger partial charge in [-0.1, -0.05) is 17.7 Å². The molecule has 0 radical (unpaired) electrons. The fourth-order valence-corrected chi connectivity index (χ4v) is 4.20. The van der Waals surface area contributed by atoms with E-state index in [-0.39, 0.29) is 17.4 Å². The van der Waals surface area contributed by atoms with E-state index in [1.54, 1.807) is 37.4 Å². The molecule has 1 amide bonds. The van der Waals surface area contributed by atoms with Crippen molar-refractivity contribution in [2.45, 2.75) is 5.16 Å². The number of rotatable bonds is 9. The van der Waals surface area contributed by atoms with Crippen LogP contribution in [0.2, 0.25) is 5.02 Å². The predicted molar refractivity (Wildman–Crippen MR) is 138 cm³/mol. The molecule has 3 aromatic carbocycles. The van der Waals surface area contributed by atoms with Crippen molar-refractivity contribution in [2.75, 3.05) is 20.0 Å². The minimum atomic E-state index is -0.338. The maximum Gasteiger partial charge on any atom is 0.342 e. The maximum atomic E-state index is 12.4. The molecule has 0 fully saturated rings. The second-order valence-corrected chi connectivity index (χ2v) is 8.75. The molecular formula is C25H23ClN5O4S+. The van der Waals surface area contributed by atoms with Gasteiger partial charge in [0, 0.05) is 10.6 Å². The Hall–Kier alpha value is -4.02. The molecule has 1 aromatic heterocycles. The van der Waals surface area contributed by atoms with E-state index >= 15 is 0 Å². The summed E-state index contributed by atoms with van der Waals surface area (Å²) in [6.07, 6.45) is 1.35. The van der Waals surface area contributed by atoms with Gasteiger partial charge in [0.1, 0.15) is 11.4 Å². The van der Waals surface area contributed by atoms with Crippen LogP contribution >= 0.6 is 23.4 Å². The van der Waals surface area contributed by atoms with Gasteiger partial charge in [0.25, 0.3) is 11.7 Å². The summed E-state index contributed by atoms with van der Waals surface area (Å²) in [7, 11) is 3.07. The maximum absolute atomic E-state index is 12.4. The van der Waals surface area contributed by atoms with Crippen LogP contribution < -0.4 is 19.5 Å². The number of nitrogens with zero attached hydrogens (tertiary/aromatic N) is 3. The molecule has 1 heterocycles. The molecule has 3 N–H and O–H groups in total. The summed E-state index contributed by atoms with van der Waals surface area (Å²) in [6, 6.07) is 19.9. The molecule has 36 heavy (non-hydrogen) atoms. The number of aromatic nitrogens is 3. The van der Waals surface area contributed by atoms with Gasteiger partial charge in [-0.25, -0.2) is 5.43 Å². The lowest BCUT2D eigenvalue weighted by atomic mass is 10.2. The Labute approximate surface area is 216 Å². The summed E-state index contributed by atoms with van der Waals surface area (Å²) in [4.78, 5) is 12.4. The standard InChI is InChI=1S/C25H22ClN5O4S/c1-34-20-12-6-16(7-13-20)24-29-30-25(31(24)19-10-8-18(26)9-11-19)36-15-22(32)28-27-14-17-4-3-5-21(35-2)23(17)33/h3-14H,15H2,1-2H3,(H2,27,28,32,33)/p+1. The molecule has 0 saturated heterocycles. The highest BCUT2D eigenvalue weighted by molar-refractivity contribution is 7.99. The van der Waals surface area contributed by atoms with Crippen LogP contribution in [-0.4, -0.2) is 47.4 Å². The number of para-hydroxylation sites is 1. The Morgan fingerprint density at radius 3 is 2.58 bits per heavy atom. The monoisotopic (exact) mass is 524 g/mol. The molecule has 0 saturated carbocycles. The van der Waals surface area contributed by atoms with Gasteiger partial charge in [-0.2, -0.15) is 9.67 Å². The number of nitrogens with one attached hydrogen (secondary N) is 2. The van der Waals surface area contributed by atoms with E-state index in [0.717, 1.165) is 22.8 Å². The fraction of sp³-hybridized carbons (Fsp3) is 0.120. The number of phenolic OH excluding ortho intramolecular Hbond substituents is 1. The summed E-state index contributed by atoms with van der Waals surface area (Å²) < 4.78 is 12.2. The lowest BCUT2D eigenvalue weighted by molar-refractivity contribution is -0.625. The van der Waals surface area contributed by atoms with Crippen LogP contribution in [0.4, 0.5) is 0 Å². The number of phenols is 1. The number of thioether (sulfide) groups is 1. The van der Waals surface area contributed by atoms with E-state index in [1.165, 1.54) is 25.1 Å². The first-order chi connectivity index (χ1) is 17.5. The van der Waals surface area contributed by atoms with Gasteiger partial charge >= 0.3 is 5.16 Å². The minimum absolute atomic E-state index is 0.0565. The number of methoxy groups -OCH3 is 2. The number of halogens is 1. The number of hydrogen-bond acceptors (Lipinski definition) is 7. The Bertz CT molecular complexity index is 1370. The first-order valence-corrected chi connectivity index (χ1v) is 12.1. The molecule has 4 aromatic rings. The van der Waals surface area contributed by atoms with Crippen molar-refractivity contribution in [1.82, 2.24) is 15.6 Å². The second kappa shape index (κ2) is 11.6. The van der Waals surface area contributed by atoms with Gasteiger partial charge in [0.05, 0.1) is 36.8 Å². The van der Waals surface area contributed by atoms with Crippen LogP contribution in [-0.2, 0) is 4.79 Å². The quantitative estimate of drug-likeness (QED) is 0.132. The van der Waals surface area contributed by atoms with E-state index in [9.17, 15) is 9.90 Å². The molecule has 11 heteroatoms. The summed E-state index contributed by atoms with van der Waals surface area (Å²) in [5.74, 6) is 1.45. The molecule has 0 aliphatic heterocycles. The van der Waals surface area contributed by atoms with Gasteiger partial charge in [-0.05, 0) is 72.4 Å². The van der Waals surface area contributed by atoms with Crippen molar-refractivity contribution in [3.05, 3.63) is 77.3 Å². The average molecular weight is 525 g/mol. The first-order valence-electron chi connectivity index (χ1n) is 10.7. The van der Waals surface area contributed by atoms with Crippen molar-refractivity contribution in [1.29, 1.82) is 0 Å². The zero-order chi connectivity index (χ0) is 25.5. The lowest BCUT2D eigenvalue weighted by Crippen LogP contribution is -2.34. The van der Waals surface area contributed by atoms with Crippen LogP contribution in [0.15, 0.2) is 77.0 Å². The average Bonchev–Trinajstić information content (AvgIpc) is 3.33. The normalized spacial score (nSPS) is 11.0. The Kier molecular flexibility index (Phi) is 8.09. The summed E-state index contributed by atoms with van der Waals surface area (Å²) in [5.41, 5.74) is 4.59. The third kappa shape index (κ3) is 5.78. The Balaban J connectivity index is 1.51. The molecule has 0 aliphatic rings. The highest BCUT2D eigenvalue weighted by atomic mass is 35.5. The number of aromatic hydroxyl groups is 1. The first kappa shape index (κ1) is 25.1. The zero-order valence-corrected chi connectivity index (χ0v) is 21.0.